The summed E-state index contributed by atoms with van der Waals surface area (Å²) in [5.41, 5.74) is 2.44. The summed E-state index contributed by atoms with van der Waals surface area (Å²) in [4.78, 5) is 17.7. The Morgan fingerprint density at radius 1 is 1.00 bits per heavy atom. The first-order chi connectivity index (χ1) is 15.0. The number of rotatable bonds is 9. The molecule has 2 aromatic carbocycles. The first-order valence-electron chi connectivity index (χ1n) is 10.9. The number of methoxy groups -OCH3 is 1. The highest BCUT2D eigenvalue weighted by Gasteiger charge is 2.29. The highest BCUT2D eigenvalue weighted by molar-refractivity contribution is 5.77. The van der Waals surface area contributed by atoms with E-state index in [0.29, 0.717) is 12.3 Å². The van der Waals surface area contributed by atoms with Gasteiger partial charge in [0.15, 0.2) is 6.61 Å². The zero-order valence-corrected chi connectivity index (χ0v) is 19.1. The molecule has 1 aliphatic heterocycles. The van der Waals surface area contributed by atoms with Crippen molar-refractivity contribution in [2.24, 2.45) is 0 Å². The highest BCUT2D eigenvalue weighted by Crippen LogP contribution is 2.17. The molecule has 0 aliphatic carbocycles. The average Bonchev–Trinajstić information content (AvgIpc) is 2.79. The molecule has 3 rings (SSSR count). The van der Waals surface area contributed by atoms with Gasteiger partial charge in [-0.2, -0.15) is 0 Å². The Morgan fingerprint density at radius 2 is 1.61 bits per heavy atom. The van der Waals surface area contributed by atoms with Crippen LogP contribution >= 0.6 is 0 Å². The topological polar surface area (TPSA) is 59.7 Å². The number of ether oxygens (including phenoxy) is 2. The molecule has 31 heavy (non-hydrogen) atoms. The molecule has 0 bridgehead atoms. The summed E-state index contributed by atoms with van der Waals surface area (Å²) < 4.78 is 10.8. The SMILES string of the molecule is COc1ccc(OCC(=O)NC[C@H](c2ccc(N(C)C)cc2)[NH+]2CC[NH+](C)CC2)cc1. The molecule has 2 aromatic rings. The van der Waals surface area contributed by atoms with Crippen molar-refractivity contribution in [3.8, 4) is 11.5 Å². The molecule has 3 N–H and O–H groups in total. The fourth-order valence-electron chi connectivity index (χ4n) is 3.94. The molecule has 7 nitrogen and oxygen atoms in total. The van der Waals surface area contributed by atoms with Crippen molar-refractivity contribution in [2.45, 2.75) is 6.04 Å². The standard InChI is InChI=1S/C24H34N4O3/c1-26(2)20-7-5-19(6-8-20)23(28-15-13-27(3)14-16-28)17-25-24(29)18-31-22-11-9-21(30-4)10-12-22/h5-12,23H,13-18H2,1-4H3,(H,25,29)/p+2/t23-/m1/s1. The minimum Gasteiger partial charge on any atom is -0.497 e. The van der Waals surface area contributed by atoms with Gasteiger partial charge >= 0.3 is 0 Å². The van der Waals surface area contributed by atoms with E-state index in [9.17, 15) is 4.79 Å². The summed E-state index contributed by atoms with van der Waals surface area (Å²) in [7, 11) is 7.96. The Kier molecular flexibility index (Phi) is 8.14. The smallest absolute Gasteiger partial charge is 0.258 e. The lowest BCUT2D eigenvalue weighted by Gasteiger charge is -2.33. The second-order valence-corrected chi connectivity index (χ2v) is 8.42. The maximum Gasteiger partial charge on any atom is 0.258 e. The third-order valence-corrected chi connectivity index (χ3v) is 5.98. The number of carbonyl (C=O) groups excluding carboxylic acids is 1. The van der Waals surface area contributed by atoms with E-state index in [0.717, 1.165) is 31.9 Å². The minimum absolute atomic E-state index is 0.000829. The number of likely N-dealkylation sites (N-methyl/N-ethyl adjacent to an activating group) is 1. The molecule has 0 aromatic heterocycles. The fourth-order valence-corrected chi connectivity index (χ4v) is 3.94. The molecule has 1 saturated heterocycles. The molecule has 1 amide bonds. The van der Waals surface area contributed by atoms with Gasteiger partial charge in [-0.15, -0.1) is 0 Å². The highest BCUT2D eigenvalue weighted by atomic mass is 16.5. The van der Waals surface area contributed by atoms with Crippen molar-refractivity contribution < 1.29 is 24.1 Å². The van der Waals surface area contributed by atoms with Crippen LogP contribution in [0, 0.1) is 0 Å². The van der Waals surface area contributed by atoms with E-state index in [-0.39, 0.29) is 18.6 Å². The van der Waals surface area contributed by atoms with Crippen LogP contribution in [0.4, 0.5) is 5.69 Å². The van der Waals surface area contributed by atoms with Crippen molar-refractivity contribution in [3.05, 3.63) is 54.1 Å². The van der Waals surface area contributed by atoms with Crippen LogP contribution in [0.15, 0.2) is 48.5 Å². The summed E-state index contributed by atoms with van der Waals surface area (Å²) in [6.07, 6.45) is 0. The third-order valence-electron chi connectivity index (χ3n) is 5.98. The predicted octanol–water partition coefficient (Wildman–Crippen LogP) is -0.589. The number of nitrogens with one attached hydrogen (secondary N) is 3. The number of anilines is 1. The number of piperazine rings is 1. The number of quaternary nitrogens is 2. The Bertz CT molecular complexity index is 816. The molecular weight excluding hydrogens is 392 g/mol. The van der Waals surface area contributed by atoms with Crippen molar-refractivity contribution in [3.63, 3.8) is 0 Å². The number of nitrogens with zero attached hydrogens (tertiary/aromatic N) is 1. The zero-order valence-electron chi connectivity index (χ0n) is 19.1. The lowest BCUT2D eigenvalue weighted by atomic mass is 10.0. The summed E-state index contributed by atoms with van der Waals surface area (Å²) in [5, 5.41) is 3.09. The number of hydrogen-bond acceptors (Lipinski definition) is 4. The van der Waals surface area contributed by atoms with E-state index in [4.69, 9.17) is 9.47 Å². The lowest BCUT2D eigenvalue weighted by Crippen LogP contribution is -3.27. The molecular formula is C24H36N4O3+2. The molecule has 1 atom stereocenters. The van der Waals surface area contributed by atoms with Crippen molar-refractivity contribution in [1.29, 1.82) is 0 Å². The maximum absolute atomic E-state index is 12.5. The van der Waals surface area contributed by atoms with Crippen LogP contribution in [0.1, 0.15) is 11.6 Å². The maximum atomic E-state index is 12.5. The van der Waals surface area contributed by atoms with Gasteiger partial charge in [-0.1, -0.05) is 12.1 Å². The molecule has 0 unspecified atom stereocenters. The van der Waals surface area contributed by atoms with Gasteiger partial charge in [-0.3, -0.25) is 4.79 Å². The Balaban J connectivity index is 1.60. The van der Waals surface area contributed by atoms with Crippen LogP contribution in [0.25, 0.3) is 0 Å². The van der Waals surface area contributed by atoms with Crippen molar-refractivity contribution >= 4 is 11.6 Å². The Labute approximate surface area is 185 Å². The second kappa shape index (κ2) is 11.0. The van der Waals surface area contributed by atoms with Gasteiger partial charge in [-0.25, -0.2) is 0 Å². The summed E-state index contributed by atoms with van der Waals surface area (Å²) in [6.45, 7) is 5.10. The third kappa shape index (κ3) is 6.60. The number of carbonyl (C=O) groups is 1. The van der Waals surface area contributed by atoms with Crippen LogP contribution < -0.4 is 29.5 Å². The minimum atomic E-state index is -0.107. The first-order valence-corrected chi connectivity index (χ1v) is 10.9. The number of benzene rings is 2. The number of hydrogen-bond donors (Lipinski definition) is 3. The Morgan fingerprint density at radius 3 is 2.19 bits per heavy atom. The Hall–Kier alpha value is -2.77. The first kappa shape index (κ1) is 22.9. The van der Waals surface area contributed by atoms with Crippen molar-refractivity contribution in [2.75, 3.05) is 72.5 Å². The molecule has 1 fully saturated rings. The van der Waals surface area contributed by atoms with Gasteiger partial charge in [0.2, 0.25) is 0 Å². The van der Waals surface area contributed by atoms with Crippen LogP contribution in [0.2, 0.25) is 0 Å². The normalized spacial score (nSPS) is 19.4. The molecule has 0 saturated carbocycles. The second-order valence-electron chi connectivity index (χ2n) is 8.42. The number of amides is 1. The molecule has 1 heterocycles. The zero-order chi connectivity index (χ0) is 22.2. The molecule has 168 valence electrons. The van der Waals surface area contributed by atoms with E-state index < -0.39 is 0 Å². The monoisotopic (exact) mass is 428 g/mol. The van der Waals surface area contributed by atoms with Crippen LogP contribution in [0.5, 0.6) is 11.5 Å². The van der Waals surface area contributed by atoms with Crippen LogP contribution in [-0.4, -0.2) is 73.5 Å². The van der Waals surface area contributed by atoms with Gasteiger partial charge in [0.25, 0.3) is 5.91 Å². The van der Waals surface area contributed by atoms with Crippen LogP contribution in [-0.2, 0) is 4.79 Å². The predicted molar refractivity (Wildman–Crippen MR) is 122 cm³/mol. The van der Waals surface area contributed by atoms with Crippen LogP contribution in [0.3, 0.4) is 0 Å². The van der Waals surface area contributed by atoms with Gasteiger partial charge in [0, 0.05) is 25.3 Å². The van der Waals surface area contributed by atoms with Gasteiger partial charge in [-0.05, 0) is 36.4 Å². The summed E-state index contributed by atoms with van der Waals surface area (Å²) >= 11 is 0. The van der Waals surface area contributed by atoms with Gasteiger partial charge < -0.3 is 29.5 Å². The van der Waals surface area contributed by atoms with Crippen molar-refractivity contribution in [1.82, 2.24) is 5.32 Å². The molecule has 0 radical (unpaired) electrons. The quantitative estimate of drug-likeness (QED) is 0.500. The lowest BCUT2D eigenvalue weighted by molar-refractivity contribution is -1.02. The fraction of sp³-hybridized carbons (Fsp3) is 0.458. The van der Waals surface area contributed by atoms with Gasteiger partial charge in [0.1, 0.15) is 43.7 Å². The van der Waals surface area contributed by atoms with E-state index in [1.54, 1.807) is 24.1 Å². The van der Waals surface area contributed by atoms with E-state index in [1.807, 2.05) is 26.2 Å². The summed E-state index contributed by atoms with van der Waals surface area (Å²) in [6, 6.07) is 16.2. The summed E-state index contributed by atoms with van der Waals surface area (Å²) in [5.74, 6) is 1.31. The largest absolute Gasteiger partial charge is 0.497 e. The average molecular weight is 429 g/mol. The molecule has 0 spiro atoms. The molecule has 1 aliphatic rings. The molecule has 7 heteroatoms. The van der Waals surface area contributed by atoms with E-state index in [2.05, 4.69) is 41.5 Å². The van der Waals surface area contributed by atoms with E-state index in [1.165, 1.54) is 16.2 Å². The van der Waals surface area contributed by atoms with Gasteiger partial charge in [0.05, 0.1) is 20.7 Å². The van der Waals surface area contributed by atoms with E-state index >= 15 is 0 Å².